The quantitative estimate of drug-likeness (QED) is 0.730. The molecular weight excluding hydrogens is 296 g/mol. The lowest BCUT2D eigenvalue weighted by Crippen LogP contribution is -2.09. The van der Waals surface area contributed by atoms with Gasteiger partial charge in [-0.05, 0) is 37.3 Å². The van der Waals surface area contributed by atoms with Crippen LogP contribution in [0.5, 0.6) is 5.75 Å². The molecule has 0 saturated heterocycles. The maximum Gasteiger partial charge on any atom is 0.341 e. The molecule has 2 aromatic carbocycles. The molecule has 0 saturated carbocycles. The molecule has 3 aromatic rings. The molecule has 1 N–H and O–H groups in total. The summed E-state index contributed by atoms with van der Waals surface area (Å²) in [6, 6.07) is 13.8. The van der Waals surface area contributed by atoms with E-state index in [1.54, 1.807) is 31.2 Å². The van der Waals surface area contributed by atoms with Crippen LogP contribution in [0.15, 0.2) is 52.9 Å². The van der Waals surface area contributed by atoms with Crippen LogP contribution >= 0.6 is 0 Å². The van der Waals surface area contributed by atoms with Crippen LogP contribution in [0.3, 0.4) is 0 Å². The highest BCUT2D eigenvalue weighted by Crippen LogP contribution is 2.28. The second-order valence-corrected chi connectivity index (χ2v) is 5.07. The minimum atomic E-state index is -1.05. The molecule has 0 atom stereocenters. The van der Waals surface area contributed by atoms with E-state index < -0.39 is 12.6 Å². The van der Waals surface area contributed by atoms with Gasteiger partial charge in [-0.2, -0.15) is 0 Å². The normalized spacial score (nSPS) is 10.7. The number of fused-ring (bicyclic) bond motifs is 1. The predicted octanol–water partition coefficient (Wildman–Crippen LogP) is 3.44. The standard InChI is InChI=1S/C18H14O5/c1-11-17(14-4-2-3-5-15(14)23-11)18(21)12-6-8-13(9-7-12)22-10-16(19)20/h2-9H,10H2,1H3,(H,19,20). The van der Waals surface area contributed by atoms with Gasteiger partial charge in [-0.25, -0.2) is 4.79 Å². The Labute approximate surface area is 132 Å². The van der Waals surface area contributed by atoms with Crippen molar-refractivity contribution in [2.75, 3.05) is 6.61 Å². The van der Waals surface area contributed by atoms with Crippen molar-refractivity contribution < 1.29 is 23.8 Å². The number of rotatable bonds is 5. The van der Waals surface area contributed by atoms with Gasteiger partial charge in [0, 0.05) is 10.9 Å². The first-order valence-corrected chi connectivity index (χ1v) is 7.04. The average molecular weight is 310 g/mol. The topological polar surface area (TPSA) is 76.7 Å². The number of carbonyl (C=O) groups is 2. The zero-order chi connectivity index (χ0) is 16.4. The molecule has 0 unspecified atom stereocenters. The summed E-state index contributed by atoms with van der Waals surface area (Å²) in [6.45, 7) is 1.34. The first kappa shape index (κ1) is 14.8. The number of aryl methyl sites for hydroxylation is 1. The van der Waals surface area contributed by atoms with Gasteiger partial charge in [0.15, 0.2) is 12.4 Å². The van der Waals surface area contributed by atoms with Crippen LogP contribution in [0.2, 0.25) is 0 Å². The van der Waals surface area contributed by atoms with Gasteiger partial charge in [0.2, 0.25) is 0 Å². The molecule has 1 heterocycles. The number of ether oxygens (including phenoxy) is 1. The molecule has 23 heavy (non-hydrogen) atoms. The van der Waals surface area contributed by atoms with E-state index in [1.165, 1.54) is 0 Å². The van der Waals surface area contributed by atoms with Gasteiger partial charge < -0.3 is 14.3 Å². The number of aliphatic carboxylic acids is 1. The number of hydrogen-bond acceptors (Lipinski definition) is 4. The van der Waals surface area contributed by atoms with E-state index in [0.717, 1.165) is 5.39 Å². The smallest absolute Gasteiger partial charge is 0.341 e. The maximum absolute atomic E-state index is 12.7. The van der Waals surface area contributed by atoms with E-state index in [2.05, 4.69) is 0 Å². The molecule has 0 aliphatic carbocycles. The number of carbonyl (C=O) groups excluding carboxylic acids is 1. The Kier molecular flexibility index (Phi) is 3.85. The summed E-state index contributed by atoms with van der Waals surface area (Å²) in [5, 5.41) is 9.36. The van der Waals surface area contributed by atoms with Gasteiger partial charge in [0.1, 0.15) is 17.1 Å². The van der Waals surface area contributed by atoms with E-state index in [0.29, 0.717) is 28.2 Å². The van der Waals surface area contributed by atoms with E-state index in [-0.39, 0.29) is 5.78 Å². The second-order valence-electron chi connectivity index (χ2n) is 5.07. The van der Waals surface area contributed by atoms with Crippen LogP contribution in [0.4, 0.5) is 0 Å². The summed E-state index contributed by atoms with van der Waals surface area (Å²) in [4.78, 5) is 23.2. The Bertz CT molecular complexity index is 874. The van der Waals surface area contributed by atoms with E-state index >= 15 is 0 Å². The van der Waals surface area contributed by atoms with Crippen molar-refractivity contribution in [3.8, 4) is 5.75 Å². The summed E-state index contributed by atoms with van der Waals surface area (Å²) in [7, 11) is 0. The van der Waals surface area contributed by atoms with E-state index in [1.807, 2.05) is 24.3 Å². The Morgan fingerprint density at radius 1 is 1.09 bits per heavy atom. The monoisotopic (exact) mass is 310 g/mol. The van der Waals surface area contributed by atoms with Gasteiger partial charge in [0.25, 0.3) is 0 Å². The molecule has 116 valence electrons. The third-order valence-corrected chi connectivity index (χ3v) is 3.48. The molecule has 0 amide bonds. The average Bonchev–Trinajstić information content (AvgIpc) is 2.88. The molecule has 1 aromatic heterocycles. The molecule has 0 aliphatic rings. The maximum atomic E-state index is 12.7. The molecule has 5 heteroatoms. The van der Waals surface area contributed by atoms with E-state index in [9.17, 15) is 9.59 Å². The zero-order valence-electron chi connectivity index (χ0n) is 12.4. The van der Waals surface area contributed by atoms with Gasteiger partial charge in [-0.15, -0.1) is 0 Å². The van der Waals surface area contributed by atoms with Crippen molar-refractivity contribution in [1.29, 1.82) is 0 Å². The van der Waals surface area contributed by atoms with Crippen molar-refractivity contribution >= 4 is 22.7 Å². The molecule has 0 fully saturated rings. The Hall–Kier alpha value is -3.08. The lowest BCUT2D eigenvalue weighted by molar-refractivity contribution is -0.139. The number of benzene rings is 2. The number of ketones is 1. The van der Waals surface area contributed by atoms with Gasteiger partial charge in [0.05, 0.1) is 5.56 Å². The summed E-state index contributed by atoms with van der Waals surface area (Å²) in [5.41, 5.74) is 1.71. The molecule has 5 nitrogen and oxygen atoms in total. The fourth-order valence-electron chi connectivity index (χ4n) is 2.44. The fourth-order valence-corrected chi connectivity index (χ4v) is 2.44. The highest BCUT2D eigenvalue weighted by Gasteiger charge is 2.19. The van der Waals surface area contributed by atoms with Crippen molar-refractivity contribution in [2.45, 2.75) is 6.92 Å². The summed E-state index contributed by atoms with van der Waals surface area (Å²) < 4.78 is 10.7. The number of carboxylic acids is 1. The van der Waals surface area contributed by atoms with Gasteiger partial charge >= 0.3 is 5.97 Å². The summed E-state index contributed by atoms with van der Waals surface area (Å²) in [5.74, 6) is -0.219. The van der Waals surface area contributed by atoms with Crippen molar-refractivity contribution in [3.63, 3.8) is 0 Å². The summed E-state index contributed by atoms with van der Waals surface area (Å²) in [6.07, 6.45) is 0. The first-order valence-electron chi connectivity index (χ1n) is 7.04. The number of furan rings is 1. The molecule has 0 spiro atoms. The van der Waals surface area contributed by atoms with Crippen LogP contribution in [-0.4, -0.2) is 23.5 Å². The van der Waals surface area contributed by atoms with Crippen LogP contribution in [0.1, 0.15) is 21.7 Å². The Morgan fingerprint density at radius 3 is 2.48 bits per heavy atom. The lowest BCUT2D eigenvalue weighted by Gasteiger charge is -2.05. The van der Waals surface area contributed by atoms with Crippen molar-refractivity contribution in [2.24, 2.45) is 0 Å². The third-order valence-electron chi connectivity index (χ3n) is 3.48. The number of carboxylic acid groups (broad SMARTS) is 1. The minimum absolute atomic E-state index is 0.141. The largest absolute Gasteiger partial charge is 0.482 e. The van der Waals surface area contributed by atoms with Crippen LogP contribution in [0, 0.1) is 6.92 Å². The molecule has 0 aliphatic heterocycles. The highest BCUT2D eigenvalue weighted by molar-refractivity contribution is 6.16. The fraction of sp³-hybridized carbons (Fsp3) is 0.111. The second kappa shape index (κ2) is 5.96. The SMILES string of the molecule is Cc1oc2ccccc2c1C(=O)c1ccc(OCC(=O)O)cc1. The Balaban J connectivity index is 1.90. The van der Waals surface area contributed by atoms with Crippen molar-refractivity contribution in [3.05, 3.63) is 65.4 Å². The highest BCUT2D eigenvalue weighted by atomic mass is 16.5. The Morgan fingerprint density at radius 2 is 1.78 bits per heavy atom. The van der Waals surface area contributed by atoms with Crippen LogP contribution in [-0.2, 0) is 4.79 Å². The molecule has 0 bridgehead atoms. The molecule has 0 radical (unpaired) electrons. The lowest BCUT2D eigenvalue weighted by atomic mass is 10.0. The molecular formula is C18H14O5. The predicted molar refractivity (Wildman–Crippen MR) is 84.0 cm³/mol. The number of para-hydroxylation sites is 1. The third kappa shape index (κ3) is 2.94. The number of hydrogen-bond donors (Lipinski definition) is 1. The minimum Gasteiger partial charge on any atom is -0.482 e. The van der Waals surface area contributed by atoms with E-state index in [4.69, 9.17) is 14.3 Å². The summed E-state index contributed by atoms with van der Waals surface area (Å²) >= 11 is 0. The van der Waals surface area contributed by atoms with Crippen molar-refractivity contribution in [1.82, 2.24) is 0 Å². The first-order chi connectivity index (χ1) is 11.1. The molecule has 3 rings (SSSR count). The van der Waals surface area contributed by atoms with Crippen LogP contribution in [0.25, 0.3) is 11.0 Å². The van der Waals surface area contributed by atoms with Gasteiger partial charge in [-0.3, -0.25) is 4.79 Å². The van der Waals surface area contributed by atoms with Crippen LogP contribution < -0.4 is 4.74 Å². The van der Waals surface area contributed by atoms with Gasteiger partial charge in [-0.1, -0.05) is 18.2 Å². The zero-order valence-corrected chi connectivity index (χ0v) is 12.4.